The summed E-state index contributed by atoms with van der Waals surface area (Å²) in [6.07, 6.45) is 5.44. The summed E-state index contributed by atoms with van der Waals surface area (Å²) in [7, 11) is 2.36. The molecule has 0 spiro atoms. The van der Waals surface area contributed by atoms with Crippen molar-refractivity contribution in [3.8, 4) is 17.2 Å². The first-order chi connectivity index (χ1) is 10.3. The van der Waals surface area contributed by atoms with Gasteiger partial charge in [0.05, 0.1) is 20.1 Å². The molecule has 0 N–H and O–H groups in total. The maximum atomic E-state index is 5.99. The largest absolute Gasteiger partial charge is 1.00 e. The van der Waals surface area contributed by atoms with Crippen molar-refractivity contribution in [1.82, 2.24) is 0 Å². The molecule has 2 aliphatic heterocycles. The molecule has 0 aliphatic carbocycles. The van der Waals surface area contributed by atoms with Crippen molar-refractivity contribution in [2.45, 2.75) is 25.7 Å². The van der Waals surface area contributed by atoms with Gasteiger partial charge in [-0.25, -0.2) is 0 Å². The van der Waals surface area contributed by atoms with E-state index >= 15 is 0 Å². The number of rotatable bonds is 4. The number of likely N-dealkylation sites (tertiary alicyclic amines) is 1. The van der Waals surface area contributed by atoms with E-state index in [1.807, 2.05) is 18.2 Å². The van der Waals surface area contributed by atoms with Crippen LogP contribution in [0.3, 0.4) is 0 Å². The van der Waals surface area contributed by atoms with Crippen LogP contribution in [0, 0.1) is 0 Å². The molecule has 22 heavy (non-hydrogen) atoms. The summed E-state index contributed by atoms with van der Waals surface area (Å²) in [6, 6.07) is 5.87. The Bertz CT molecular complexity index is 473. The molecule has 0 atom stereocenters. The first kappa shape index (κ1) is 17.7. The Balaban J connectivity index is 0.00000176. The van der Waals surface area contributed by atoms with Gasteiger partial charge in [0.1, 0.15) is 26.4 Å². The fraction of sp³-hybridized carbons (Fsp3) is 0.647. The number of hydrogen-bond acceptors (Lipinski definition) is 3. The van der Waals surface area contributed by atoms with Crippen LogP contribution in [-0.2, 0) is 0 Å². The monoisotopic (exact) mass is 419 g/mol. The molecule has 1 fully saturated rings. The molecule has 0 unspecified atom stereocenters. The zero-order valence-electron chi connectivity index (χ0n) is 13.4. The molecule has 1 saturated heterocycles. The Morgan fingerprint density at radius 2 is 1.77 bits per heavy atom. The summed E-state index contributed by atoms with van der Waals surface area (Å²) < 4.78 is 18.4. The van der Waals surface area contributed by atoms with Crippen molar-refractivity contribution in [2.24, 2.45) is 0 Å². The van der Waals surface area contributed by atoms with E-state index in [-0.39, 0.29) is 24.0 Å². The minimum Gasteiger partial charge on any atom is -1.00 e. The first-order valence-electron chi connectivity index (χ1n) is 8.12. The lowest BCUT2D eigenvalue weighted by molar-refractivity contribution is -0.908. The zero-order chi connectivity index (χ0) is 14.5. The summed E-state index contributed by atoms with van der Waals surface area (Å²) in [6.45, 7) is 5.55. The number of nitrogens with zero attached hydrogens (tertiary/aromatic N) is 1. The molecule has 4 nitrogen and oxygen atoms in total. The van der Waals surface area contributed by atoms with Crippen LogP contribution in [0.1, 0.15) is 25.7 Å². The topological polar surface area (TPSA) is 27.7 Å². The zero-order valence-corrected chi connectivity index (χ0v) is 15.5. The van der Waals surface area contributed by atoms with E-state index in [0.29, 0.717) is 13.2 Å². The lowest BCUT2D eigenvalue weighted by Gasteiger charge is -2.33. The van der Waals surface area contributed by atoms with Gasteiger partial charge in [0.2, 0.25) is 5.75 Å². The minimum absolute atomic E-state index is 0. The number of hydrogen-bond donors (Lipinski definition) is 0. The highest BCUT2D eigenvalue weighted by Gasteiger charge is 2.24. The molecule has 2 heterocycles. The van der Waals surface area contributed by atoms with Crippen LogP contribution in [0.25, 0.3) is 0 Å². The number of benzene rings is 1. The Morgan fingerprint density at radius 1 is 1.05 bits per heavy atom. The van der Waals surface area contributed by atoms with Crippen LogP contribution in [0.5, 0.6) is 17.2 Å². The van der Waals surface area contributed by atoms with Gasteiger partial charge in [-0.1, -0.05) is 6.07 Å². The van der Waals surface area contributed by atoms with Crippen molar-refractivity contribution < 1.29 is 42.7 Å². The third-order valence-electron chi connectivity index (χ3n) is 4.56. The fourth-order valence-electron chi connectivity index (χ4n) is 3.21. The third-order valence-corrected chi connectivity index (χ3v) is 4.56. The molecule has 5 heteroatoms. The summed E-state index contributed by atoms with van der Waals surface area (Å²) in [5.74, 6) is 2.38. The normalized spacial score (nSPS) is 19.7. The highest BCUT2D eigenvalue weighted by molar-refractivity contribution is 5.51. The predicted octanol–water partition coefficient (Wildman–Crippen LogP) is -0.139. The summed E-state index contributed by atoms with van der Waals surface area (Å²) >= 11 is 0. The average molecular weight is 419 g/mol. The molecule has 0 amide bonds. The molecule has 124 valence electrons. The van der Waals surface area contributed by atoms with E-state index < -0.39 is 0 Å². The SMILES string of the molecule is C[N+]1(CCOc2cccc3c2OCCO3)CCCCCC1.[I-]. The molecule has 2 aliphatic rings. The van der Waals surface area contributed by atoms with Crippen LogP contribution in [0.4, 0.5) is 0 Å². The van der Waals surface area contributed by atoms with Gasteiger partial charge in [0, 0.05) is 0 Å². The van der Waals surface area contributed by atoms with Gasteiger partial charge in [-0.3, -0.25) is 0 Å². The van der Waals surface area contributed by atoms with Crippen LogP contribution in [0.2, 0.25) is 0 Å². The van der Waals surface area contributed by atoms with Crippen LogP contribution in [0.15, 0.2) is 18.2 Å². The lowest BCUT2D eigenvalue weighted by Crippen LogP contribution is -3.00. The maximum Gasteiger partial charge on any atom is 0.203 e. The Labute approximate surface area is 150 Å². The quantitative estimate of drug-likeness (QED) is 0.503. The number of fused-ring (bicyclic) bond motifs is 1. The number of likely N-dealkylation sites (N-methyl/N-ethyl adjacent to an activating group) is 1. The highest BCUT2D eigenvalue weighted by Crippen LogP contribution is 2.38. The van der Waals surface area contributed by atoms with Crippen LogP contribution < -0.4 is 38.2 Å². The first-order valence-corrected chi connectivity index (χ1v) is 8.12. The van der Waals surface area contributed by atoms with Gasteiger partial charge in [-0.2, -0.15) is 0 Å². The van der Waals surface area contributed by atoms with Crippen LogP contribution in [-0.4, -0.2) is 51.0 Å². The van der Waals surface area contributed by atoms with Crippen LogP contribution >= 0.6 is 0 Å². The molecular weight excluding hydrogens is 393 g/mol. The number of halogens is 1. The van der Waals surface area contributed by atoms with Crippen molar-refractivity contribution >= 4 is 0 Å². The standard InChI is InChI=1S/C17H26NO3.HI/c1-18(9-4-2-3-5-10-18)11-12-19-15-7-6-8-16-17(15)21-14-13-20-16;/h6-8H,2-5,9-14H2,1H3;1H/q+1;/p-1. The second-order valence-corrected chi connectivity index (χ2v) is 6.33. The number of para-hydroxylation sites is 1. The van der Waals surface area contributed by atoms with E-state index in [1.165, 1.54) is 38.8 Å². The van der Waals surface area contributed by atoms with Gasteiger partial charge in [-0.05, 0) is 37.8 Å². The second-order valence-electron chi connectivity index (χ2n) is 6.33. The van der Waals surface area contributed by atoms with Gasteiger partial charge in [0.15, 0.2) is 11.5 Å². The molecule has 0 saturated carbocycles. The molecule has 0 bridgehead atoms. The molecule has 0 aromatic heterocycles. The van der Waals surface area contributed by atoms with Gasteiger partial charge in [0.25, 0.3) is 0 Å². The van der Waals surface area contributed by atoms with Crippen molar-refractivity contribution in [3.05, 3.63) is 18.2 Å². The maximum absolute atomic E-state index is 5.99. The fourth-order valence-corrected chi connectivity index (χ4v) is 3.21. The van der Waals surface area contributed by atoms with Crippen molar-refractivity contribution in [3.63, 3.8) is 0 Å². The van der Waals surface area contributed by atoms with Gasteiger partial charge < -0.3 is 42.7 Å². The summed E-state index contributed by atoms with van der Waals surface area (Å²) in [5.41, 5.74) is 0. The van der Waals surface area contributed by atoms with Gasteiger partial charge in [-0.15, -0.1) is 0 Å². The van der Waals surface area contributed by atoms with E-state index in [9.17, 15) is 0 Å². The summed E-state index contributed by atoms with van der Waals surface area (Å²) in [4.78, 5) is 0. The highest BCUT2D eigenvalue weighted by atomic mass is 127. The number of ether oxygens (including phenoxy) is 3. The van der Waals surface area contributed by atoms with Gasteiger partial charge >= 0.3 is 0 Å². The van der Waals surface area contributed by atoms with Crippen molar-refractivity contribution in [2.75, 3.05) is 46.5 Å². The van der Waals surface area contributed by atoms with E-state index in [4.69, 9.17) is 14.2 Å². The smallest absolute Gasteiger partial charge is 0.203 e. The third kappa shape index (κ3) is 4.41. The molecule has 1 aromatic carbocycles. The van der Waals surface area contributed by atoms with Crippen molar-refractivity contribution in [1.29, 1.82) is 0 Å². The lowest BCUT2D eigenvalue weighted by atomic mass is 10.2. The minimum atomic E-state index is 0. The van der Waals surface area contributed by atoms with E-state index in [0.717, 1.165) is 34.9 Å². The molecule has 3 rings (SSSR count). The Hall–Kier alpha value is -0.690. The molecular formula is C17H26INO3. The second kappa shape index (κ2) is 8.24. The molecule has 1 aromatic rings. The van der Waals surface area contributed by atoms with E-state index in [1.54, 1.807) is 0 Å². The Kier molecular flexibility index (Phi) is 6.62. The average Bonchev–Trinajstić information content (AvgIpc) is 2.73. The summed E-state index contributed by atoms with van der Waals surface area (Å²) in [5, 5.41) is 0. The van der Waals surface area contributed by atoms with E-state index in [2.05, 4.69) is 7.05 Å². The predicted molar refractivity (Wildman–Crippen MR) is 82.2 cm³/mol. The Morgan fingerprint density at radius 3 is 2.55 bits per heavy atom. The number of quaternary nitrogens is 1. The molecule has 0 radical (unpaired) electrons.